The SMILES string of the molecule is CC(NC(=O)c1cnc(NC(C)(C)C)cn1)c1ccccc1. The largest absolute Gasteiger partial charge is 0.364 e. The number of hydrogen-bond acceptors (Lipinski definition) is 4. The third kappa shape index (κ3) is 4.55. The number of nitrogens with one attached hydrogen (secondary N) is 2. The van der Waals surface area contributed by atoms with E-state index in [0.717, 1.165) is 5.56 Å². The van der Waals surface area contributed by atoms with Crippen molar-refractivity contribution in [1.82, 2.24) is 15.3 Å². The summed E-state index contributed by atoms with van der Waals surface area (Å²) in [6.07, 6.45) is 3.06. The van der Waals surface area contributed by atoms with E-state index in [4.69, 9.17) is 0 Å². The molecule has 1 heterocycles. The highest BCUT2D eigenvalue weighted by atomic mass is 16.1. The second kappa shape index (κ2) is 6.56. The minimum Gasteiger partial charge on any atom is -0.364 e. The molecule has 1 atom stereocenters. The molecule has 1 aromatic heterocycles. The molecule has 2 rings (SSSR count). The zero-order valence-corrected chi connectivity index (χ0v) is 13.4. The third-order valence-corrected chi connectivity index (χ3v) is 3.03. The summed E-state index contributed by atoms with van der Waals surface area (Å²) in [6, 6.07) is 9.72. The number of carbonyl (C=O) groups excluding carboxylic acids is 1. The highest BCUT2D eigenvalue weighted by molar-refractivity contribution is 5.92. The van der Waals surface area contributed by atoms with Gasteiger partial charge in [0.1, 0.15) is 11.5 Å². The van der Waals surface area contributed by atoms with Crippen LogP contribution in [0.25, 0.3) is 0 Å². The maximum Gasteiger partial charge on any atom is 0.271 e. The highest BCUT2D eigenvalue weighted by Crippen LogP contribution is 2.13. The van der Waals surface area contributed by atoms with Crippen molar-refractivity contribution in [1.29, 1.82) is 0 Å². The molecule has 116 valence electrons. The lowest BCUT2D eigenvalue weighted by molar-refractivity contribution is 0.0934. The smallest absolute Gasteiger partial charge is 0.271 e. The minimum absolute atomic E-state index is 0.0807. The van der Waals surface area contributed by atoms with Gasteiger partial charge in [-0.15, -0.1) is 0 Å². The van der Waals surface area contributed by atoms with Crippen molar-refractivity contribution >= 4 is 11.7 Å². The van der Waals surface area contributed by atoms with Gasteiger partial charge in [0.15, 0.2) is 0 Å². The third-order valence-electron chi connectivity index (χ3n) is 3.03. The molecule has 1 aromatic carbocycles. The average Bonchev–Trinajstić information content (AvgIpc) is 2.47. The Bertz CT molecular complexity index is 617. The van der Waals surface area contributed by atoms with E-state index < -0.39 is 0 Å². The lowest BCUT2D eigenvalue weighted by Crippen LogP contribution is -2.29. The molecular weight excluding hydrogens is 276 g/mol. The van der Waals surface area contributed by atoms with E-state index in [1.807, 2.05) is 58.0 Å². The van der Waals surface area contributed by atoms with Crippen molar-refractivity contribution in [3.63, 3.8) is 0 Å². The molecule has 0 radical (unpaired) electrons. The lowest BCUT2D eigenvalue weighted by atomic mass is 10.1. The number of rotatable bonds is 4. The van der Waals surface area contributed by atoms with E-state index in [1.54, 1.807) is 6.20 Å². The molecular formula is C17H22N4O. The molecule has 5 heteroatoms. The number of hydrogen-bond donors (Lipinski definition) is 2. The van der Waals surface area contributed by atoms with Crippen molar-refractivity contribution in [2.75, 3.05) is 5.32 Å². The monoisotopic (exact) mass is 298 g/mol. The standard InChI is InChI=1S/C17H22N4O/c1-12(13-8-6-5-7-9-13)20-16(22)14-10-19-15(11-18-14)21-17(2,3)4/h5-12H,1-4H3,(H,19,21)(H,20,22). The topological polar surface area (TPSA) is 66.9 Å². The van der Waals surface area contributed by atoms with Crippen LogP contribution < -0.4 is 10.6 Å². The van der Waals surface area contributed by atoms with Crippen LogP contribution in [0.1, 0.15) is 49.8 Å². The normalized spacial score (nSPS) is 12.5. The lowest BCUT2D eigenvalue weighted by Gasteiger charge is -2.21. The number of carbonyl (C=O) groups is 1. The fourth-order valence-electron chi connectivity index (χ4n) is 1.99. The number of benzene rings is 1. The Morgan fingerprint density at radius 3 is 2.32 bits per heavy atom. The molecule has 0 aliphatic carbocycles. The van der Waals surface area contributed by atoms with Gasteiger partial charge in [-0.2, -0.15) is 0 Å². The molecule has 2 N–H and O–H groups in total. The highest BCUT2D eigenvalue weighted by Gasteiger charge is 2.14. The van der Waals surface area contributed by atoms with Gasteiger partial charge in [0.25, 0.3) is 5.91 Å². The average molecular weight is 298 g/mol. The molecule has 0 saturated heterocycles. The van der Waals surface area contributed by atoms with Gasteiger partial charge in [-0.3, -0.25) is 4.79 Å². The minimum atomic E-state index is -0.230. The fraction of sp³-hybridized carbons (Fsp3) is 0.353. The fourth-order valence-corrected chi connectivity index (χ4v) is 1.99. The summed E-state index contributed by atoms with van der Waals surface area (Å²) in [5.41, 5.74) is 1.26. The maximum atomic E-state index is 12.2. The summed E-state index contributed by atoms with van der Waals surface area (Å²) in [4.78, 5) is 20.6. The first-order chi connectivity index (χ1) is 10.3. The molecule has 22 heavy (non-hydrogen) atoms. The van der Waals surface area contributed by atoms with Crippen LogP contribution in [0.2, 0.25) is 0 Å². The molecule has 0 bridgehead atoms. The first kappa shape index (κ1) is 15.9. The first-order valence-electron chi connectivity index (χ1n) is 7.31. The molecule has 0 aliphatic heterocycles. The Morgan fingerprint density at radius 1 is 1.09 bits per heavy atom. The van der Waals surface area contributed by atoms with Crippen LogP contribution in [0, 0.1) is 0 Å². The molecule has 2 aromatic rings. The summed E-state index contributed by atoms with van der Waals surface area (Å²) >= 11 is 0. The van der Waals surface area contributed by atoms with E-state index in [0.29, 0.717) is 11.5 Å². The molecule has 0 aliphatic rings. The van der Waals surface area contributed by atoms with Crippen LogP contribution in [0.15, 0.2) is 42.7 Å². The van der Waals surface area contributed by atoms with Crippen molar-refractivity contribution < 1.29 is 4.79 Å². The number of anilines is 1. The van der Waals surface area contributed by atoms with E-state index >= 15 is 0 Å². The number of amides is 1. The van der Waals surface area contributed by atoms with Gasteiger partial charge in [-0.05, 0) is 33.3 Å². The van der Waals surface area contributed by atoms with E-state index in [1.165, 1.54) is 6.20 Å². The zero-order valence-electron chi connectivity index (χ0n) is 13.4. The maximum absolute atomic E-state index is 12.2. The van der Waals surface area contributed by atoms with Gasteiger partial charge in [0.05, 0.1) is 18.4 Å². The molecule has 0 spiro atoms. The van der Waals surface area contributed by atoms with Crippen molar-refractivity contribution in [2.24, 2.45) is 0 Å². The Balaban J connectivity index is 2.01. The quantitative estimate of drug-likeness (QED) is 0.909. The van der Waals surface area contributed by atoms with Gasteiger partial charge in [0.2, 0.25) is 0 Å². The van der Waals surface area contributed by atoms with Crippen molar-refractivity contribution in [3.05, 3.63) is 54.0 Å². The predicted octanol–water partition coefficient (Wildman–Crippen LogP) is 3.18. The molecule has 1 amide bonds. The van der Waals surface area contributed by atoms with Gasteiger partial charge in [-0.25, -0.2) is 9.97 Å². The zero-order chi connectivity index (χ0) is 16.2. The van der Waals surface area contributed by atoms with Crippen LogP contribution in [0.5, 0.6) is 0 Å². The Hall–Kier alpha value is -2.43. The van der Waals surface area contributed by atoms with Gasteiger partial charge in [0, 0.05) is 5.54 Å². The van der Waals surface area contributed by atoms with Crippen LogP contribution in [-0.4, -0.2) is 21.4 Å². The summed E-state index contributed by atoms with van der Waals surface area (Å²) in [5.74, 6) is 0.423. The van der Waals surface area contributed by atoms with Gasteiger partial charge < -0.3 is 10.6 Å². The second-order valence-corrected chi connectivity index (χ2v) is 6.27. The summed E-state index contributed by atoms with van der Waals surface area (Å²) < 4.78 is 0. The number of aromatic nitrogens is 2. The number of nitrogens with zero attached hydrogens (tertiary/aromatic N) is 2. The van der Waals surface area contributed by atoms with Crippen LogP contribution in [0.4, 0.5) is 5.82 Å². The van der Waals surface area contributed by atoms with Crippen molar-refractivity contribution in [2.45, 2.75) is 39.3 Å². The Labute approximate surface area is 131 Å². The van der Waals surface area contributed by atoms with E-state index in [2.05, 4.69) is 20.6 Å². The second-order valence-electron chi connectivity index (χ2n) is 6.27. The molecule has 5 nitrogen and oxygen atoms in total. The van der Waals surface area contributed by atoms with Crippen molar-refractivity contribution in [3.8, 4) is 0 Å². The van der Waals surface area contributed by atoms with E-state index in [9.17, 15) is 4.79 Å². The Kier molecular flexibility index (Phi) is 4.75. The summed E-state index contributed by atoms with van der Waals surface area (Å²) in [7, 11) is 0. The molecule has 1 unspecified atom stereocenters. The first-order valence-corrected chi connectivity index (χ1v) is 7.31. The van der Waals surface area contributed by atoms with Crippen LogP contribution in [-0.2, 0) is 0 Å². The van der Waals surface area contributed by atoms with Gasteiger partial charge in [-0.1, -0.05) is 30.3 Å². The molecule has 0 saturated carbocycles. The van der Waals surface area contributed by atoms with Crippen LogP contribution in [0.3, 0.4) is 0 Å². The summed E-state index contributed by atoms with van der Waals surface area (Å²) in [5, 5.41) is 6.13. The Morgan fingerprint density at radius 2 is 1.77 bits per heavy atom. The van der Waals surface area contributed by atoms with E-state index in [-0.39, 0.29) is 17.5 Å². The summed E-state index contributed by atoms with van der Waals surface area (Å²) in [6.45, 7) is 8.06. The van der Waals surface area contributed by atoms with Crippen LogP contribution >= 0.6 is 0 Å². The predicted molar refractivity (Wildman–Crippen MR) is 87.7 cm³/mol. The molecule has 0 fully saturated rings. The van der Waals surface area contributed by atoms with Gasteiger partial charge >= 0.3 is 0 Å².